The summed E-state index contributed by atoms with van der Waals surface area (Å²) in [5.41, 5.74) is 1.34. The molecule has 0 aliphatic rings. The molecule has 7 nitrogen and oxygen atoms in total. The van der Waals surface area contributed by atoms with Crippen molar-refractivity contribution in [3.05, 3.63) is 89.7 Å². The van der Waals surface area contributed by atoms with E-state index in [1.807, 2.05) is 0 Å². The van der Waals surface area contributed by atoms with Crippen LogP contribution in [0.4, 0.5) is 10.1 Å². The third-order valence-corrected chi connectivity index (χ3v) is 5.42. The quantitative estimate of drug-likeness (QED) is 0.519. The van der Waals surface area contributed by atoms with Crippen molar-refractivity contribution >= 4 is 27.4 Å². The lowest BCUT2D eigenvalue weighted by molar-refractivity contribution is -0.119. The lowest BCUT2D eigenvalue weighted by atomic mass is 10.2. The van der Waals surface area contributed by atoms with Gasteiger partial charge in [0.15, 0.2) is 16.4 Å². The summed E-state index contributed by atoms with van der Waals surface area (Å²) in [6, 6.07) is 17.8. The van der Waals surface area contributed by atoms with Crippen LogP contribution in [0.3, 0.4) is 0 Å². The van der Waals surface area contributed by atoms with E-state index in [9.17, 15) is 22.4 Å². The molecular formula is C23H20FNO6S. The summed E-state index contributed by atoms with van der Waals surface area (Å²) in [7, 11) is -3.33. The molecule has 3 aromatic rings. The van der Waals surface area contributed by atoms with E-state index in [1.54, 1.807) is 24.3 Å². The molecule has 166 valence electrons. The average Bonchev–Trinajstić information content (AvgIpc) is 2.77. The first-order valence-electron chi connectivity index (χ1n) is 9.45. The first-order valence-corrected chi connectivity index (χ1v) is 11.3. The Kier molecular flexibility index (Phi) is 7.21. The summed E-state index contributed by atoms with van der Waals surface area (Å²) in [5.74, 6) is -1.21. The molecule has 0 saturated heterocycles. The zero-order valence-corrected chi connectivity index (χ0v) is 17.9. The highest BCUT2D eigenvalue weighted by molar-refractivity contribution is 7.90. The molecule has 3 rings (SSSR count). The Balaban J connectivity index is 1.51. The van der Waals surface area contributed by atoms with E-state index in [4.69, 9.17) is 9.47 Å². The van der Waals surface area contributed by atoms with Crippen molar-refractivity contribution in [2.45, 2.75) is 11.5 Å². The molecule has 0 aliphatic carbocycles. The highest BCUT2D eigenvalue weighted by atomic mass is 32.2. The molecule has 0 aromatic heterocycles. The van der Waals surface area contributed by atoms with E-state index >= 15 is 0 Å². The monoisotopic (exact) mass is 457 g/mol. The van der Waals surface area contributed by atoms with Crippen molar-refractivity contribution in [3.8, 4) is 5.75 Å². The lowest BCUT2D eigenvalue weighted by Crippen LogP contribution is -2.21. The van der Waals surface area contributed by atoms with E-state index < -0.39 is 28.3 Å². The number of halogens is 1. The number of benzene rings is 3. The van der Waals surface area contributed by atoms with Crippen LogP contribution in [0.25, 0.3) is 0 Å². The largest absolute Gasteiger partial charge is 0.489 e. The number of hydrogen-bond donors (Lipinski definition) is 1. The van der Waals surface area contributed by atoms with Crippen LogP contribution in [0.5, 0.6) is 5.75 Å². The van der Waals surface area contributed by atoms with Crippen molar-refractivity contribution in [1.29, 1.82) is 0 Å². The standard InChI is InChI=1S/C23H20FNO6S/c1-32(28,29)21-11-9-19(10-12-21)25-22(26)15-31-23(27)17-3-2-4-20(13-17)30-14-16-5-7-18(24)8-6-16/h2-13H,14-15H2,1H3,(H,25,26). The van der Waals surface area contributed by atoms with E-state index in [-0.39, 0.29) is 22.9 Å². The Hall–Kier alpha value is -3.72. The Bertz CT molecular complexity index is 1210. The zero-order valence-electron chi connectivity index (χ0n) is 17.1. The second-order valence-electron chi connectivity index (χ2n) is 6.86. The van der Waals surface area contributed by atoms with Gasteiger partial charge in [-0.25, -0.2) is 17.6 Å². The zero-order chi connectivity index (χ0) is 23.1. The highest BCUT2D eigenvalue weighted by Gasteiger charge is 2.12. The number of anilines is 1. The summed E-state index contributed by atoms with van der Waals surface area (Å²) < 4.78 is 46.5. The van der Waals surface area contributed by atoms with Crippen LogP contribution in [0, 0.1) is 5.82 Å². The molecule has 0 unspecified atom stereocenters. The Morgan fingerprint density at radius 3 is 2.31 bits per heavy atom. The highest BCUT2D eigenvalue weighted by Crippen LogP contribution is 2.17. The van der Waals surface area contributed by atoms with Gasteiger partial charge in [-0.05, 0) is 60.2 Å². The van der Waals surface area contributed by atoms with Gasteiger partial charge in [0.25, 0.3) is 5.91 Å². The molecule has 0 spiro atoms. The predicted octanol–water partition coefficient (Wildman–Crippen LogP) is 3.60. The number of ether oxygens (including phenoxy) is 2. The van der Waals surface area contributed by atoms with Gasteiger partial charge in [0.1, 0.15) is 18.2 Å². The van der Waals surface area contributed by atoms with Gasteiger partial charge >= 0.3 is 5.97 Å². The summed E-state index contributed by atoms with van der Waals surface area (Å²) in [6.45, 7) is -0.327. The number of carbonyl (C=O) groups excluding carboxylic acids is 2. The summed E-state index contributed by atoms with van der Waals surface area (Å²) >= 11 is 0. The molecule has 0 saturated carbocycles. The summed E-state index contributed by atoms with van der Waals surface area (Å²) in [6.07, 6.45) is 1.09. The van der Waals surface area contributed by atoms with E-state index in [2.05, 4.69) is 5.32 Å². The molecule has 3 aromatic carbocycles. The number of amides is 1. The summed E-state index contributed by atoms with van der Waals surface area (Å²) in [4.78, 5) is 24.4. The minimum atomic E-state index is -3.33. The maximum Gasteiger partial charge on any atom is 0.338 e. The van der Waals surface area contributed by atoms with Crippen LogP contribution in [0.15, 0.2) is 77.7 Å². The van der Waals surface area contributed by atoms with Gasteiger partial charge in [0, 0.05) is 11.9 Å². The second kappa shape index (κ2) is 10.1. The molecule has 32 heavy (non-hydrogen) atoms. The minimum Gasteiger partial charge on any atom is -0.489 e. The second-order valence-corrected chi connectivity index (χ2v) is 8.88. The fourth-order valence-corrected chi connectivity index (χ4v) is 3.29. The van der Waals surface area contributed by atoms with Gasteiger partial charge < -0.3 is 14.8 Å². The van der Waals surface area contributed by atoms with Crippen molar-refractivity contribution in [3.63, 3.8) is 0 Å². The number of nitrogens with one attached hydrogen (secondary N) is 1. The number of carbonyl (C=O) groups is 2. The molecule has 0 radical (unpaired) electrons. The first-order chi connectivity index (χ1) is 15.2. The predicted molar refractivity (Wildman–Crippen MR) is 116 cm³/mol. The molecule has 0 heterocycles. The van der Waals surface area contributed by atoms with Crippen molar-refractivity contribution in [2.75, 3.05) is 18.2 Å². The smallest absolute Gasteiger partial charge is 0.338 e. The fraction of sp³-hybridized carbons (Fsp3) is 0.130. The summed E-state index contributed by atoms with van der Waals surface area (Å²) in [5, 5.41) is 2.52. The van der Waals surface area contributed by atoms with Gasteiger partial charge in [0.05, 0.1) is 10.5 Å². The van der Waals surface area contributed by atoms with Crippen LogP contribution >= 0.6 is 0 Å². The lowest BCUT2D eigenvalue weighted by Gasteiger charge is -2.09. The van der Waals surface area contributed by atoms with Gasteiger partial charge in [-0.3, -0.25) is 4.79 Å². The van der Waals surface area contributed by atoms with Crippen molar-refractivity contribution in [2.24, 2.45) is 0 Å². The number of rotatable bonds is 8. The maximum absolute atomic E-state index is 13.0. The molecular weight excluding hydrogens is 437 g/mol. The number of hydrogen-bond acceptors (Lipinski definition) is 6. The first kappa shape index (κ1) is 23.0. The van der Waals surface area contributed by atoms with Gasteiger partial charge in [-0.15, -0.1) is 0 Å². The molecule has 1 amide bonds. The molecule has 9 heteroatoms. The minimum absolute atomic E-state index is 0.128. The van der Waals surface area contributed by atoms with Gasteiger partial charge in [-0.1, -0.05) is 18.2 Å². The topological polar surface area (TPSA) is 98.8 Å². The SMILES string of the molecule is CS(=O)(=O)c1ccc(NC(=O)COC(=O)c2cccc(OCc3ccc(F)cc3)c2)cc1. The molecule has 0 aliphatic heterocycles. The maximum atomic E-state index is 13.0. The molecule has 0 atom stereocenters. The van der Waals surface area contributed by atoms with Gasteiger partial charge in [0.2, 0.25) is 0 Å². The van der Waals surface area contributed by atoms with Gasteiger partial charge in [-0.2, -0.15) is 0 Å². The van der Waals surface area contributed by atoms with Crippen molar-refractivity contribution in [1.82, 2.24) is 0 Å². The third-order valence-electron chi connectivity index (χ3n) is 4.29. The Morgan fingerprint density at radius 2 is 1.66 bits per heavy atom. The van der Waals surface area contributed by atoms with E-state index in [0.717, 1.165) is 11.8 Å². The number of esters is 1. The van der Waals surface area contributed by atoms with Crippen LogP contribution < -0.4 is 10.1 Å². The Morgan fingerprint density at radius 1 is 0.969 bits per heavy atom. The molecule has 0 bridgehead atoms. The van der Waals surface area contributed by atoms with E-state index in [1.165, 1.54) is 48.5 Å². The van der Waals surface area contributed by atoms with Crippen LogP contribution in [-0.4, -0.2) is 33.2 Å². The third kappa shape index (κ3) is 6.64. The average molecular weight is 457 g/mol. The number of sulfone groups is 1. The fourth-order valence-electron chi connectivity index (χ4n) is 2.66. The van der Waals surface area contributed by atoms with E-state index in [0.29, 0.717) is 11.4 Å². The van der Waals surface area contributed by atoms with Crippen LogP contribution in [-0.2, 0) is 26.0 Å². The Labute approximate surface area is 184 Å². The van der Waals surface area contributed by atoms with Crippen molar-refractivity contribution < 1.29 is 31.9 Å². The molecule has 1 N–H and O–H groups in total. The molecule has 0 fully saturated rings. The normalized spacial score (nSPS) is 10.9. The van der Waals surface area contributed by atoms with Crippen LogP contribution in [0.1, 0.15) is 15.9 Å². The van der Waals surface area contributed by atoms with Crippen LogP contribution in [0.2, 0.25) is 0 Å².